The molecule has 1 atom stereocenters. The number of rotatable bonds is 3. The van der Waals surface area contributed by atoms with Crippen molar-refractivity contribution in [2.24, 2.45) is 5.73 Å². The van der Waals surface area contributed by atoms with Gasteiger partial charge in [0, 0.05) is 37.3 Å². The maximum absolute atomic E-state index is 11.8. The van der Waals surface area contributed by atoms with E-state index in [4.69, 9.17) is 5.73 Å². The molecule has 1 aliphatic heterocycles. The molecule has 0 saturated carbocycles. The molecule has 0 radical (unpaired) electrons. The van der Waals surface area contributed by atoms with Crippen LogP contribution in [0.4, 0.5) is 5.69 Å². The number of aromatic nitrogens is 3. The molecule has 2 aromatic rings. The number of anilines is 1. The molecular weight excluding hydrogens is 266 g/mol. The second-order valence-electron chi connectivity index (χ2n) is 5.26. The highest BCUT2D eigenvalue weighted by Crippen LogP contribution is 2.35. The van der Waals surface area contributed by atoms with Gasteiger partial charge in [-0.3, -0.25) is 4.79 Å². The van der Waals surface area contributed by atoms with Gasteiger partial charge in [-0.25, -0.2) is 4.68 Å². The number of amides is 1. The molecule has 3 rings (SSSR count). The Morgan fingerprint density at radius 1 is 1.43 bits per heavy atom. The summed E-state index contributed by atoms with van der Waals surface area (Å²) < 4.78 is 1.89. The maximum atomic E-state index is 11.8. The van der Waals surface area contributed by atoms with Crippen LogP contribution in [0.25, 0.3) is 0 Å². The number of hydrogen-bond acceptors (Lipinski definition) is 4. The third-order valence-corrected chi connectivity index (χ3v) is 3.87. The third-order valence-electron chi connectivity index (χ3n) is 3.87. The maximum Gasteiger partial charge on any atom is 0.223 e. The van der Waals surface area contributed by atoms with Gasteiger partial charge in [-0.1, -0.05) is 23.4 Å². The minimum absolute atomic E-state index is 0.0725. The van der Waals surface area contributed by atoms with Crippen molar-refractivity contribution < 1.29 is 4.79 Å². The van der Waals surface area contributed by atoms with Crippen LogP contribution in [0.2, 0.25) is 0 Å². The Hall–Kier alpha value is -2.21. The van der Waals surface area contributed by atoms with Crippen LogP contribution >= 0.6 is 0 Å². The van der Waals surface area contributed by atoms with Gasteiger partial charge in [0.25, 0.3) is 0 Å². The standard InChI is InChI=1S/C15H19N5O/c1-11(21)19-9-7-15(13-4-2-3-5-14(13)19)20-10-12(6-8-16)17-18-20/h2-5,10,15H,6-9,16H2,1H3. The Bertz CT molecular complexity index is 651. The molecule has 0 saturated heterocycles. The van der Waals surface area contributed by atoms with Crippen molar-refractivity contribution in [1.29, 1.82) is 0 Å². The molecule has 1 aliphatic rings. The van der Waals surface area contributed by atoms with E-state index in [9.17, 15) is 4.79 Å². The Kier molecular flexibility index (Phi) is 3.70. The summed E-state index contributed by atoms with van der Waals surface area (Å²) in [6, 6.07) is 8.11. The summed E-state index contributed by atoms with van der Waals surface area (Å²) in [4.78, 5) is 13.6. The number of carbonyl (C=O) groups is 1. The quantitative estimate of drug-likeness (QED) is 0.917. The van der Waals surface area contributed by atoms with Gasteiger partial charge in [-0.15, -0.1) is 5.10 Å². The molecule has 6 heteroatoms. The van der Waals surface area contributed by atoms with Crippen molar-refractivity contribution in [1.82, 2.24) is 15.0 Å². The molecule has 21 heavy (non-hydrogen) atoms. The lowest BCUT2D eigenvalue weighted by molar-refractivity contribution is -0.116. The molecule has 0 aliphatic carbocycles. The first-order valence-corrected chi connectivity index (χ1v) is 7.18. The molecule has 0 bridgehead atoms. The summed E-state index contributed by atoms with van der Waals surface area (Å²) in [5.74, 6) is 0.0725. The fourth-order valence-electron chi connectivity index (χ4n) is 2.87. The number of nitrogens with two attached hydrogens (primary N) is 1. The Morgan fingerprint density at radius 3 is 3.00 bits per heavy atom. The van der Waals surface area contributed by atoms with E-state index in [2.05, 4.69) is 16.4 Å². The lowest BCUT2D eigenvalue weighted by Gasteiger charge is -2.33. The number of para-hydroxylation sites is 1. The van der Waals surface area contributed by atoms with Gasteiger partial charge in [-0.05, 0) is 19.0 Å². The third kappa shape index (κ3) is 2.54. The minimum atomic E-state index is 0.0725. The number of carbonyl (C=O) groups excluding carboxylic acids is 1. The summed E-state index contributed by atoms with van der Waals surface area (Å²) in [5.41, 5.74) is 8.55. The normalized spacial score (nSPS) is 17.6. The van der Waals surface area contributed by atoms with Crippen molar-refractivity contribution >= 4 is 11.6 Å². The average Bonchev–Trinajstić information content (AvgIpc) is 2.94. The number of benzene rings is 1. The molecule has 1 aromatic heterocycles. The van der Waals surface area contributed by atoms with Crippen molar-refractivity contribution in [2.75, 3.05) is 18.0 Å². The van der Waals surface area contributed by atoms with E-state index in [1.165, 1.54) is 0 Å². The van der Waals surface area contributed by atoms with Crippen LogP contribution in [0.1, 0.15) is 30.6 Å². The van der Waals surface area contributed by atoms with Gasteiger partial charge in [0.1, 0.15) is 0 Å². The van der Waals surface area contributed by atoms with Gasteiger partial charge >= 0.3 is 0 Å². The molecule has 1 aromatic carbocycles. The van der Waals surface area contributed by atoms with Gasteiger partial charge in [-0.2, -0.15) is 0 Å². The van der Waals surface area contributed by atoms with Crippen LogP contribution in [0.5, 0.6) is 0 Å². The van der Waals surface area contributed by atoms with E-state index in [1.54, 1.807) is 6.92 Å². The van der Waals surface area contributed by atoms with Crippen LogP contribution in [-0.2, 0) is 11.2 Å². The van der Waals surface area contributed by atoms with Crippen LogP contribution in [0, 0.1) is 0 Å². The fourth-order valence-corrected chi connectivity index (χ4v) is 2.87. The molecule has 2 N–H and O–H groups in total. The second-order valence-corrected chi connectivity index (χ2v) is 5.26. The van der Waals surface area contributed by atoms with Crippen LogP contribution in [0.15, 0.2) is 30.5 Å². The number of hydrogen-bond donors (Lipinski definition) is 1. The highest BCUT2D eigenvalue weighted by Gasteiger charge is 2.28. The average molecular weight is 285 g/mol. The summed E-state index contributed by atoms with van der Waals surface area (Å²) in [7, 11) is 0. The van der Waals surface area contributed by atoms with E-state index >= 15 is 0 Å². The molecule has 110 valence electrons. The van der Waals surface area contributed by atoms with Crippen molar-refractivity contribution in [2.45, 2.75) is 25.8 Å². The minimum Gasteiger partial charge on any atom is -0.330 e. The van der Waals surface area contributed by atoms with Crippen LogP contribution in [0.3, 0.4) is 0 Å². The SMILES string of the molecule is CC(=O)N1CCC(n2cc(CCN)nn2)c2ccccc21. The first kappa shape index (κ1) is 13.8. The van der Waals surface area contributed by atoms with E-state index in [-0.39, 0.29) is 11.9 Å². The molecular formula is C15H19N5O. The summed E-state index contributed by atoms with van der Waals surface area (Å²) in [6.07, 6.45) is 3.52. The molecule has 2 heterocycles. The first-order valence-electron chi connectivity index (χ1n) is 7.18. The number of fused-ring (bicyclic) bond motifs is 1. The molecule has 1 unspecified atom stereocenters. The Balaban J connectivity index is 1.96. The zero-order valence-corrected chi connectivity index (χ0v) is 12.1. The molecule has 0 fully saturated rings. The fraction of sp³-hybridized carbons (Fsp3) is 0.400. The van der Waals surface area contributed by atoms with Gasteiger partial charge in [0.15, 0.2) is 0 Å². The van der Waals surface area contributed by atoms with Gasteiger partial charge < -0.3 is 10.6 Å². The zero-order chi connectivity index (χ0) is 14.8. The summed E-state index contributed by atoms with van der Waals surface area (Å²) in [6.45, 7) is 2.87. The lowest BCUT2D eigenvalue weighted by Crippen LogP contribution is -2.36. The Morgan fingerprint density at radius 2 is 2.24 bits per heavy atom. The highest BCUT2D eigenvalue weighted by atomic mass is 16.2. The van der Waals surface area contributed by atoms with Crippen LogP contribution < -0.4 is 10.6 Å². The largest absolute Gasteiger partial charge is 0.330 e. The van der Waals surface area contributed by atoms with E-state index in [0.717, 1.165) is 29.8 Å². The smallest absolute Gasteiger partial charge is 0.223 e. The zero-order valence-electron chi connectivity index (χ0n) is 12.1. The van der Waals surface area contributed by atoms with E-state index < -0.39 is 0 Å². The lowest BCUT2D eigenvalue weighted by atomic mass is 9.96. The summed E-state index contributed by atoms with van der Waals surface area (Å²) in [5, 5.41) is 8.40. The molecule has 0 spiro atoms. The Labute approximate surface area is 123 Å². The van der Waals surface area contributed by atoms with E-state index in [0.29, 0.717) is 13.1 Å². The summed E-state index contributed by atoms with van der Waals surface area (Å²) >= 11 is 0. The topological polar surface area (TPSA) is 77.0 Å². The van der Waals surface area contributed by atoms with Crippen molar-refractivity contribution in [3.8, 4) is 0 Å². The van der Waals surface area contributed by atoms with E-state index in [1.807, 2.05) is 34.0 Å². The first-order chi connectivity index (χ1) is 10.2. The van der Waals surface area contributed by atoms with Gasteiger partial charge in [0.2, 0.25) is 5.91 Å². The molecule has 1 amide bonds. The van der Waals surface area contributed by atoms with Gasteiger partial charge in [0.05, 0.1) is 11.7 Å². The van der Waals surface area contributed by atoms with Crippen molar-refractivity contribution in [3.63, 3.8) is 0 Å². The second kappa shape index (κ2) is 5.65. The monoisotopic (exact) mass is 285 g/mol. The molecule has 6 nitrogen and oxygen atoms in total. The van der Waals surface area contributed by atoms with Crippen molar-refractivity contribution in [3.05, 3.63) is 41.7 Å². The highest BCUT2D eigenvalue weighted by molar-refractivity contribution is 5.92. The predicted molar refractivity (Wildman–Crippen MR) is 80.0 cm³/mol. The number of nitrogens with zero attached hydrogens (tertiary/aromatic N) is 4. The van der Waals surface area contributed by atoms with Crippen LogP contribution in [-0.4, -0.2) is 34.0 Å². The predicted octanol–water partition coefficient (Wildman–Crippen LogP) is 1.13.